The van der Waals surface area contributed by atoms with Crippen molar-refractivity contribution < 1.29 is 18.3 Å². The van der Waals surface area contributed by atoms with E-state index in [9.17, 15) is 13.9 Å². The molecule has 0 aliphatic rings. The molecule has 90 valence electrons. The number of furan rings is 1. The molecule has 0 saturated heterocycles. The molecular weight excluding hydrogens is 228 g/mol. The van der Waals surface area contributed by atoms with Crippen molar-refractivity contribution in [1.29, 1.82) is 0 Å². The Morgan fingerprint density at radius 2 is 2.12 bits per heavy atom. The number of aliphatic hydroxyl groups excluding tert-OH is 1. The largest absolute Gasteiger partial charge is 0.467 e. The zero-order valence-corrected chi connectivity index (χ0v) is 8.86. The van der Waals surface area contributed by atoms with E-state index in [4.69, 9.17) is 4.42 Å². The number of aliphatic hydroxyl groups is 1. The lowest BCUT2D eigenvalue weighted by molar-refractivity contribution is 0.162. The Morgan fingerprint density at radius 1 is 1.29 bits per heavy atom. The van der Waals surface area contributed by atoms with Gasteiger partial charge in [0, 0.05) is 12.6 Å². The summed E-state index contributed by atoms with van der Waals surface area (Å²) in [5, 5.41) is 12.3. The molecule has 0 radical (unpaired) electrons. The summed E-state index contributed by atoms with van der Waals surface area (Å²) >= 11 is 0. The quantitative estimate of drug-likeness (QED) is 0.862. The third-order valence-corrected chi connectivity index (χ3v) is 2.29. The maximum Gasteiger partial charge on any atom is 0.149 e. The van der Waals surface area contributed by atoms with E-state index in [1.165, 1.54) is 12.3 Å². The van der Waals surface area contributed by atoms with E-state index >= 15 is 0 Å². The molecule has 0 bridgehead atoms. The van der Waals surface area contributed by atoms with Gasteiger partial charge in [-0.1, -0.05) is 0 Å². The maximum absolute atomic E-state index is 13.2. The first-order valence-electron chi connectivity index (χ1n) is 5.07. The van der Waals surface area contributed by atoms with Gasteiger partial charge in [0.1, 0.15) is 23.5 Å². The molecule has 0 aliphatic heterocycles. The lowest BCUT2D eigenvalue weighted by atomic mass is 10.2. The molecule has 0 saturated carbocycles. The zero-order valence-electron chi connectivity index (χ0n) is 8.86. The van der Waals surface area contributed by atoms with Crippen molar-refractivity contribution in [2.45, 2.75) is 6.10 Å². The molecule has 1 aromatic carbocycles. The van der Waals surface area contributed by atoms with Crippen molar-refractivity contribution in [3.05, 3.63) is 54.0 Å². The van der Waals surface area contributed by atoms with E-state index in [-0.39, 0.29) is 12.2 Å². The molecule has 0 fully saturated rings. The molecular formula is C12H11F2NO2. The second-order valence-electron chi connectivity index (χ2n) is 3.54. The molecule has 1 aromatic heterocycles. The Kier molecular flexibility index (Phi) is 3.39. The van der Waals surface area contributed by atoms with Crippen LogP contribution in [-0.2, 0) is 0 Å². The average molecular weight is 239 g/mol. The molecule has 0 aliphatic carbocycles. The Morgan fingerprint density at radius 3 is 2.76 bits per heavy atom. The van der Waals surface area contributed by atoms with Crippen LogP contribution < -0.4 is 5.32 Å². The van der Waals surface area contributed by atoms with Crippen molar-refractivity contribution in [3.8, 4) is 0 Å². The summed E-state index contributed by atoms with van der Waals surface area (Å²) in [6, 6.07) is 6.47. The van der Waals surface area contributed by atoms with Gasteiger partial charge < -0.3 is 14.8 Å². The van der Waals surface area contributed by atoms with Crippen LogP contribution in [0, 0.1) is 11.6 Å². The lowest BCUT2D eigenvalue weighted by Crippen LogP contribution is -2.12. The van der Waals surface area contributed by atoms with Crippen LogP contribution in [0.25, 0.3) is 0 Å². The minimum absolute atomic E-state index is 0.0794. The fourth-order valence-corrected chi connectivity index (χ4v) is 1.42. The summed E-state index contributed by atoms with van der Waals surface area (Å²) in [5.41, 5.74) is 0.136. The van der Waals surface area contributed by atoms with E-state index < -0.39 is 17.7 Å². The van der Waals surface area contributed by atoms with Crippen molar-refractivity contribution in [2.24, 2.45) is 0 Å². The first-order chi connectivity index (χ1) is 8.16. The SMILES string of the molecule is OC(CNc1ccc(F)cc1F)c1ccco1. The second kappa shape index (κ2) is 4.97. The molecule has 0 spiro atoms. The summed E-state index contributed by atoms with van der Waals surface area (Å²) < 4.78 is 30.9. The second-order valence-corrected chi connectivity index (χ2v) is 3.54. The van der Waals surface area contributed by atoms with E-state index in [1.54, 1.807) is 12.1 Å². The normalized spacial score (nSPS) is 12.4. The Bertz CT molecular complexity index is 485. The monoisotopic (exact) mass is 239 g/mol. The lowest BCUT2D eigenvalue weighted by Gasteiger charge is -2.11. The Labute approximate surface area is 96.7 Å². The summed E-state index contributed by atoms with van der Waals surface area (Å²) in [6.07, 6.45) is 0.561. The Hall–Kier alpha value is -1.88. The smallest absolute Gasteiger partial charge is 0.149 e. The molecule has 5 heteroatoms. The van der Waals surface area contributed by atoms with Gasteiger partial charge in [0.05, 0.1) is 12.0 Å². The van der Waals surface area contributed by atoms with Crippen LogP contribution in [0.1, 0.15) is 11.9 Å². The molecule has 3 nitrogen and oxygen atoms in total. The molecule has 2 N–H and O–H groups in total. The maximum atomic E-state index is 13.2. The molecule has 0 amide bonds. The highest BCUT2D eigenvalue weighted by Gasteiger charge is 2.11. The minimum atomic E-state index is -0.880. The van der Waals surface area contributed by atoms with Crippen LogP contribution in [0.3, 0.4) is 0 Å². The summed E-state index contributed by atoms with van der Waals surface area (Å²) in [5.74, 6) is -0.948. The van der Waals surface area contributed by atoms with Gasteiger partial charge in [0.2, 0.25) is 0 Å². The van der Waals surface area contributed by atoms with Crippen molar-refractivity contribution in [2.75, 3.05) is 11.9 Å². The van der Waals surface area contributed by atoms with Gasteiger partial charge in [0.25, 0.3) is 0 Å². The number of hydrogen-bond acceptors (Lipinski definition) is 3. The van der Waals surface area contributed by atoms with Crippen LogP contribution in [0.5, 0.6) is 0 Å². The predicted octanol–water partition coefficient (Wildman–Crippen LogP) is 2.70. The number of halogens is 2. The van der Waals surface area contributed by atoms with Gasteiger partial charge in [-0.05, 0) is 24.3 Å². The molecule has 1 unspecified atom stereocenters. The highest BCUT2D eigenvalue weighted by molar-refractivity contribution is 5.44. The van der Waals surface area contributed by atoms with E-state index in [0.29, 0.717) is 5.76 Å². The average Bonchev–Trinajstić information content (AvgIpc) is 2.81. The summed E-state index contributed by atoms with van der Waals surface area (Å²) in [4.78, 5) is 0. The van der Waals surface area contributed by atoms with Crippen molar-refractivity contribution in [1.82, 2.24) is 0 Å². The summed E-state index contributed by atoms with van der Waals surface area (Å²) in [6.45, 7) is 0.0794. The van der Waals surface area contributed by atoms with Crippen LogP contribution >= 0.6 is 0 Å². The van der Waals surface area contributed by atoms with Crippen molar-refractivity contribution in [3.63, 3.8) is 0 Å². The number of rotatable bonds is 4. The fraction of sp³-hybridized carbons (Fsp3) is 0.167. The highest BCUT2D eigenvalue weighted by atomic mass is 19.1. The first kappa shape index (κ1) is 11.6. The number of hydrogen-bond donors (Lipinski definition) is 2. The highest BCUT2D eigenvalue weighted by Crippen LogP contribution is 2.18. The van der Waals surface area contributed by atoms with Crippen LogP contribution in [-0.4, -0.2) is 11.7 Å². The standard InChI is InChI=1S/C12H11F2NO2/c13-8-3-4-10(9(14)6-8)15-7-11(16)12-2-1-5-17-12/h1-6,11,15-16H,7H2. The number of benzene rings is 1. The van der Waals surface area contributed by atoms with Crippen LogP contribution in [0.2, 0.25) is 0 Å². The van der Waals surface area contributed by atoms with E-state index in [1.807, 2.05) is 0 Å². The van der Waals surface area contributed by atoms with Gasteiger partial charge in [-0.2, -0.15) is 0 Å². The summed E-state index contributed by atoms with van der Waals surface area (Å²) in [7, 11) is 0. The van der Waals surface area contributed by atoms with Gasteiger partial charge in [-0.25, -0.2) is 8.78 Å². The van der Waals surface area contributed by atoms with E-state index in [2.05, 4.69) is 5.32 Å². The van der Waals surface area contributed by atoms with Gasteiger partial charge in [-0.3, -0.25) is 0 Å². The van der Waals surface area contributed by atoms with Gasteiger partial charge >= 0.3 is 0 Å². The topological polar surface area (TPSA) is 45.4 Å². The molecule has 1 heterocycles. The van der Waals surface area contributed by atoms with E-state index in [0.717, 1.165) is 12.1 Å². The third-order valence-electron chi connectivity index (χ3n) is 2.29. The zero-order chi connectivity index (χ0) is 12.3. The predicted molar refractivity (Wildman–Crippen MR) is 58.5 cm³/mol. The molecule has 1 atom stereocenters. The molecule has 2 aromatic rings. The Balaban J connectivity index is 1.98. The third kappa shape index (κ3) is 2.82. The van der Waals surface area contributed by atoms with Gasteiger partial charge in [0.15, 0.2) is 0 Å². The number of anilines is 1. The first-order valence-corrected chi connectivity index (χ1v) is 5.07. The molecule has 2 rings (SSSR count). The van der Waals surface area contributed by atoms with Crippen LogP contribution in [0.4, 0.5) is 14.5 Å². The minimum Gasteiger partial charge on any atom is -0.467 e. The molecule has 17 heavy (non-hydrogen) atoms. The fourth-order valence-electron chi connectivity index (χ4n) is 1.42. The van der Waals surface area contributed by atoms with Crippen molar-refractivity contribution >= 4 is 5.69 Å². The van der Waals surface area contributed by atoms with Crippen LogP contribution in [0.15, 0.2) is 41.0 Å². The van der Waals surface area contributed by atoms with Gasteiger partial charge in [-0.15, -0.1) is 0 Å². The number of nitrogens with one attached hydrogen (secondary N) is 1.